The molecular formula is C13H8Cl2F2. The van der Waals surface area contributed by atoms with Gasteiger partial charge in [-0.15, -0.1) is 0 Å². The van der Waals surface area contributed by atoms with Gasteiger partial charge in [0, 0.05) is 15.6 Å². The zero-order valence-electron chi connectivity index (χ0n) is 8.63. The predicted molar refractivity (Wildman–Crippen MR) is 66.9 cm³/mol. The molecule has 0 radical (unpaired) electrons. The first-order valence-corrected chi connectivity index (χ1v) is 5.67. The lowest BCUT2D eigenvalue weighted by atomic mass is 10.00. The molecule has 2 aromatic rings. The van der Waals surface area contributed by atoms with Gasteiger partial charge in [0.25, 0.3) is 6.43 Å². The Kier molecular flexibility index (Phi) is 3.65. The van der Waals surface area contributed by atoms with E-state index in [0.717, 1.165) is 0 Å². The van der Waals surface area contributed by atoms with Crippen LogP contribution in [0.3, 0.4) is 0 Å². The SMILES string of the molecule is FC(F)c1cc(Cl)ccc1-c1cccc(Cl)c1. The fraction of sp³-hybridized carbons (Fsp3) is 0.0769. The number of rotatable bonds is 2. The second-order valence-electron chi connectivity index (χ2n) is 3.54. The van der Waals surface area contributed by atoms with E-state index in [0.29, 0.717) is 21.2 Å². The van der Waals surface area contributed by atoms with Crippen molar-refractivity contribution in [2.45, 2.75) is 6.43 Å². The predicted octanol–water partition coefficient (Wildman–Crippen LogP) is 5.60. The van der Waals surface area contributed by atoms with Crippen molar-refractivity contribution in [3.63, 3.8) is 0 Å². The highest BCUT2D eigenvalue weighted by molar-refractivity contribution is 6.31. The molecular weight excluding hydrogens is 265 g/mol. The molecule has 0 bridgehead atoms. The Morgan fingerprint density at radius 3 is 2.24 bits per heavy atom. The van der Waals surface area contributed by atoms with Crippen molar-refractivity contribution in [1.82, 2.24) is 0 Å². The van der Waals surface area contributed by atoms with Crippen LogP contribution in [0.1, 0.15) is 12.0 Å². The third-order valence-electron chi connectivity index (χ3n) is 2.38. The van der Waals surface area contributed by atoms with Crippen molar-refractivity contribution in [3.05, 3.63) is 58.1 Å². The summed E-state index contributed by atoms with van der Waals surface area (Å²) < 4.78 is 25.8. The molecule has 88 valence electrons. The molecule has 0 N–H and O–H groups in total. The van der Waals surface area contributed by atoms with E-state index in [4.69, 9.17) is 23.2 Å². The molecule has 0 fully saturated rings. The van der Waals surface area contributed by atoms with Gasteiger partial charge < -0.3 is 0 Å². The first-order chi connectivity index (χ1) is 8.08. The minimum Gasteiger partial charge on any atom is -0.205 e. The molecule has 0 unspecified atom stereocenters. The van der Waals surface area contributed by atoms with Gasteiger partial charge >= 0.3 is 0 Å². The van der Waals surface area contributed by atoms with E-state index in [-0.39, 0.29) is 5.56 Å². The molecule has 0 saturated carbocycles. The average Bonchev–Trinajstić information content (AvgIpc) is 2.28. The quantitative estimate of drug-likeness (QED) is 0.668. The van der Waals surface area contributed by atoms with E-state index in [2.05, 4.69) is 0 Å². The van der Waals surface area contributed by atoms with E-state index >= 15 is 0 Å². The molecule has 0 aliphatic carbocycles. The van der Waals surface area contributed by atoms with Gasteiger partial charge in [-0.2, -0.15) is 0 Å². The van der Waals surface area contributed by atoms with Gasteiger partial charge in [-0.3, -0.25) is 0 Å². The van der Waals surface area contributed by atoms with Crippen LogP contribution in [-0.2, 0) is 0 Å². The molecule has 0 aromatic heterocycles. The minimum atomic E-state index is -2.57. The van der Waals surface area contributed by atoms with Crippen LogP contribution in [0.4, 0.5) is 8.78 Å². The molecule has 2 aromatic carbocycles. The second kappa shape index (κ2) is 5.03. The smallest absolute Gasteiger partial charge is 0.205 e. The van der Waals surface area contributed by atoms with E-state index in [1.165, 1.54) is 6.07 Å². The van der Waals surface area contributed by atoms with E-state index in [1.807, 2.05) is 0 Å². The molecule has 0 amide bonds. The summed E-state index contributed by atoms with van der Waals surface area (Å²) in [5.74, 6) is 0. The van der Waals surface area contributed by atoms with E-state index in [1.54, 1.807) is 36.4 Å². The van der Waals surface area contributed by atoms with Gasteiger partial charge in [0.15, 0.2) is 0 Å². The largest absolute Gasteiger partial charge is 0.264 e. The van der Waals surface area contributed by atoms with Crippen molar-refractivity contribution >= 4 is 23.2 Å². The lowest BCUT2D eigenvalue weighted by Crippen LogP contribution is -1.90. The van der Waals surface area contributed by atoms with Crippen molar-refractivity contribution in [2.24, 2.45) is 0 Å². The Morgan fingerprint density at radius 1 is 0.882 bits per heavy atom. The summed E-state index contributed by atoms with van der Waals surface area (Å²) in [4.78, 5) is 0. The summed E-state index contributed by atoms with van der Waals surface area (Å²) in [7, 11) is 0. The van der Waals surface area contributed by atoms with Crippen LogP contribution in [-0.4, -0.2) is 0 Å². The monoisotopic (exact) mass is 272 g/mol. The fourth-order valence-electron chi connectivity index (χ4n) is 1.63. The number of hydrogen-bond donors (Lipinski definition) is 0. The topological polar surface area (TPSA) is 0 Å². The second-order valence-corrected chi connectivity index (χ2v) is 4.42. The van der Waals surface area contributed by atoms with Gasteiger partial charge in [0.2, 0.25) is 0 Å². The summed E-state index contributed by atoms with van der Waals surface area (Å²) in [6.45, 7) is 0. The minimum absolute atomic E-state index is 0.0835. The maximum absolute atomic E-state index is 12.9. The summed E-state index contributed by atoms with van der Waals surface area (Å²) in [6.07, 6.45) is -2.57. The van der Waals surface area contributed by atoms with Gasteiger partial charge in [-0.05, 0) is 35.4 Å². The Labute approximate surface area is 108 Å². The van der Waals surface area contributed by atoms with Crippen LogP contribution in [0, 0.1) is 0 Å². The van der Waals surface area contributed by atoms with E-state index in [9.17, 15) is 8.78 Å². The lowest BCUT2D eigenvalue weighted by molar-refractivity contribution is 0.152. The van der Waals surface area contributed by atoms with Gasteiger partial charge in [-0.25, -0.2) is 8.78 Å². The summed E-state index contributed by atoms with van der Waals surface area (Å²) >= 11 is 11.6. The Balaban J connectivity index is 2.59. The molecule has 17 heavy (non-hydrogen) atoms. The van der Waals surface area contributed by atoms with Crippen LogP contribution in [0.25, 0.3) is 11.1 Å². The first-order valence-electron chi connectivity index (χ1n) is 4.91. The average molecular weight is 273 g/mol. The maximum atomic E-state index is 12.9. The Bertz CT molecular complexity index is 539. The third-order valence-corrected chi connectivity index (χ3v) is 2.85. The molecule has 0 atom stereocenters. The van der Waals surface area contributed by atoms with Crippen LogP contribution in [0.2, 0.25) is 10.0 Å². The van der Waals surface area contributed by atoms with Crippen LogP contribution >= 0.6 is 23.2 Å². The molecule has 0 nitrogen and oxygen atoms in total. The van der Waals surface area contributed by atoms with Crippen LogP contribution < -0.4 is 0 Å². The zero-order valence-corrected chi connectivity index (χ0v) is 10.1. The molecule has 4 heteroatoms. The summed E-state index contributed by atoms with van der Waals surface area (Å²) in [5.41, 5.74) is 1.02. The van der Waals surface area contributed by atoms with Crippen LogP contribution in [0.5, 0.6) is 0 Å². The van der Waals surface area contributed by atoms with Crippen molar-refractivity contribution in [1.29, 1.82) is 0 Å². The summed E-state index contributed by atoms with van der Waals surface area (Å²) in [5, 5.41) is 0.809. The van der Waals surface area contributed by atoms with Crippen LogP contribution in [0.15, 0.2) is 42.5 Å². The first kappa shape index (κ1) is 12.3. The maximum Gasteiger partial charge on any atom is 0.264 e. The van der Waals surface area contributed by atoms with Gasteiger partial charge in [0.05, 0.1) is 0 Å². The molecule has 0 heterocycles. The number of halogens is 4. The zero-order chi connectivity index (χ0) is 12.4. The molecule has 0 aliphatic heterocycles. The van der Waals surface area contributed by atoms with Gasteiger partial charge in [0.1, 0.15) is 0 Å². The molecule has 0 spiro atoms. The van der Waals surface area contributed by atoms with Crippen molar-refractivity contribution < 1.29 is 8.78 Å². The number of hydrogen-bond acceptors (Lipinski definition) is 0. The standard InChI is InChI=1S/C13H8Cl2F2/c14-9-3-1-2-8(6-9)11-5-4-10(15)7-12(11)13(16)17/h1-7,13H. The Hall–Kier alpha value is -1.12. The summed E-state index contributed by atoms with van der Waals surface area (Å²) in [6, 6.07) is 11.3. The Morgan fingerprint density at radius 2 is 1.59 bits per heavy atom. The lowest BCUT2D eigenvalue weighted by Gasteiger charge is -2.09. The molecule has 0 saturated heterocycles. The van der Waals surface area contributed by atoms with Crippen molar-refractivity contribution in [3.8, 4) is 11.1 Å². The highest BCUT2D eigenvalue weighted by Gasteiger charge is 2.14. The number of alkyl halides is 2. The highest BCUT2D eigenvalue weighted by Crippen LogP contribution is 2.34. The third kappa shape index (κ3) is 2.76. The molecule has 2 rings (SSSR count). The number of benzene rings is 2. The molecule has 0 aliphatic rings. The van der Waals surface area contributed by atoms with Crippen molar-refractivity contribution in [2.75, 3.05) is 0 Å². The highest BCUT2D eigenvalue weighted by atomic mass is 35.5. The fourth-order valence-corrected chi connectivity index (χ4v) is 2.00. The van der Waals surface area contributed by atoms with Gasteiger partial charge in [-0.1, -0.05) is 41.4 Å². The van der Waals surface area contributed by atoms with E-state index < -0.39 is 6.43 Å². The normalized spacial score (nSPS) is 10.9.